The van der Waals surface area contributed by atoms with Crippen LogP contribution >= 0.6 is 0 Å². The summed E-state index contributed by atoms with van der Waals surface area (Å²) in [5.74, 6) is -2.04. The molecule has 124 valence electrons. The van der Waals surface area contributed by atoms with Gasteiger partial charge in [-0.15, -0.1) is 0 Å². The number of aromatic nitrogens is 2. The molecule has 1 aromatic heterocycles. The van der Waals surface area contributed by atoms with Crippen LogP contribution in [-0.2, 0) is 4.74 Å². The van der Waals surface area contributed by atoms with Crippen LogP contribution in [-0.4, -0.2) is 47.6 Å². The normalized spacial score (nSPS) is 10.7. The van der Waals surface area contributed by atoms with Crippen molar-refractivity contribution in [1.29, 1.82) is 0 Å². The highest BCUT2D eigenvalue weighted by molar-refractivity contribution is 5.99. The average molecular weight is 325 g/mol. The minimum absolute atomic E-state index is 0.00497. The number of hydrogen-bond donors (Lipinski definition) is 3. The van der Waals surface area contributed by atoms with Crippen molar-refractivity contribution in [2.75, 3.05) is 26.4 Å². The van der Waals surface area contributed by atoms with E-state index in [1.165, 1.54) is 12.3 Å². The zero-order valence-corrected chi connectivity index (χ0v) is 12.3. The number of halogens is 2. The molecule has 0 atom stereocenters. The molecule has 23 heavy (non-hydrogen) atoms. The third kappa shape index (κ3) is 4.33. The highest BCUT2D eigenvalue weighted by Crippen LogP contribution is 2.26. The van der Waals surface area contributed by atoms with Gasteiger partial charge in [-0.05, 0) is 18.6 Å². The fraction of sp³-hybridized carbons (Fsp3) is 0.333. The summed E-state index contributed by atoms with van der Waals surface area (Å²) in [6.45, 7) is 0.904. The number of ether oxygens (including phenoxy) is 1. The summed E-state index contributed by atoms with van der Waals surface area (Å²) in [6.07, 6.45) is 1.77. The maximum absolute atomic E-state index is 13.8. The number of H-pyrrole nitrogens is 1. The van der Waals surface area contributed by atoms with Crippen molar-refractivity contribution in [2.45, 2.75) is 6.42 Å². The Morgan fingerprint density at radius 3 is 2.74 bits per heavy atom. The lowest BCUT2D eigenvalue weighted by Gasteiger charge is -2.07. The second kappa shape index (κ2) is 8.35. The van der Waals surface area contributed by atoms with E-state index >= 15 is 0 Å². The molecule has 8 heteroatoms. The van der Waals surface area contributed by atoms with Crippen molar-refractivity contribution in [3.63, 3.8) is 0 Å². The number of aliphatic hydroxyl groups excluding tert-OH is 1. The lowest BCUT2D eigenvalue weighted by Crippen LogP contribution is -2.25. The van der Waals surface area contributed by atoms with Crippen LogP contribution in [0.25, 0.3) is 11.3 Å². The highest BCUT2D eigenvalue weighted by atomic mass is 19.1. The van der Waals surface area contributed by atoms with Gasteiger partial charge in [-0.2, -0.15) is 5.10 Å². The Hall–Kier alpha value is -2.32. The minimum atomic E-state index is -0.777. The summed E-state index contributed by atoms with van der Waals surface area (Å²) in [5.41, 5.74) is -0.263. The van der Waals surface area contributed by atoms with Gasteiger partial charge in [0.1, 0.15) is 11.6 Å². The molecule has 0 unspecified atom stereocenters. The number of amides is 1. The first kappa shape index (κ1) is 17.0. The van der Waals surface area contributed by atoms with E-state index in [0.717, 1.165) is 12.1 Å². The van der Waals surface area contributed by atoms with Crippen LogP contribution in [0.1, 0.15) is 16.8 Å². The molecule has 1 heterocycles. The van der Waals surface area contributed by atoms with Crippen molar-refractivity contribution >= 4 is 5.91 Å². The molecule has 0 aliphatic heterocycles. The number of aliphatic hydroxyl groups is 1. The molecule has 0 radical (unpaired) electrons. The molecular formula is C15H17F2N3O3. The topological polar surface area (TPSA) is 87.2 Å². The van der Waals surface area contributed by atoms with E-state index in [4.69, 9.17) is 9.84 Å². The number of nitrogens with zero attached hydrogens (tertiary/aromatic N) is 1. The first-order valence-electron chi connectivity index (χ1n) is 7.09. The molecule has 0 fully saturated rings. The van der Waals surface area contributed by atoms with E-state index < -0.39 is 17.5 Å². The Morgan fingerprint density at radius 1 is 1.30 bits per heavy atom. The van der Waals surface area contributed by atoms with Crippen LogP contribution < -0.4 is 5.32 Å². The summed E-state index contributed by atoms with van der Waals surface area (Å²) in [6, 6.07) is 3.47. The summed E-state index contributed by atoms with van der Waals surface area (Å²) in [7, 11) is 0. The Morgan fingerprint density at radius 2 is 2.04 bits per heavy atom. The molecule has 0 spiro atoms. The molecule has 3 N–H and O–H groups in total. The van der Waals surface area contributed by atoms with Crippen LogP contribution in [0.3, 0.4) is 0 Å². The Bertz CT molecular complexity index is 641. The van der Waals surface area contributed by atoms with Crippen LogP contribution in [0.2, 0.25) is 0 Å². The summed E-state index contributed by atoms with van der Waals surface area (Å²) < 4.78 is 32.7. The molecule has 1 aromatic carbocycles. The van der Waals surface area contributed by atoms with Crippen molar-refractivity contribution < 1.29 is 23.4 Å². The lowest BCUT2D eigenvalue weighted by molar-refractivity contribution is 0.0868. The molecule has 1 amide bonds. The third-order valence-electron chi connectivity index (χ3n) is 3.08. The maximum Gasteiger partial charge on any atom is 0.255 e. The minimum Gasteiger partial charge on any atom is -0.394 e. The van der Waals surface area contributed by atoms with Crippen LogP contribution in [0.4, 0.5) is 8.78 Å². The summed E-state index contributed by atoms with van der Waals surface area (Å²) in [5, 5.41) is 17.3. The van der Waals surface area contributed by atoms with Gasteiger partial charge in [0.05, 0.1) is 36.2 Å². The molecule has 0 bridgehead atoms. The highest BCUT2D eigenvalue weighted by Gasteiger charge is 2.20. The molecule has 6 nitrogen and oxygen atoms in total. The third-order valence-corrected chi connectivity index (χ3v) is 3.08. The van der Waals surface area contributed by atoms with Gasteiger partial charge in [-0.1, -0.05) is 6.07 Å². The molecule has 2 aromatic rings. The number of carbonyl (C=O) groups is 1. The number of hydrogen-bond acceptors (Lipinski definition) is 4. The molecule has 2 rings (SSSR count). The fourth-order valence-electron chi connectivity index (χ4n) is 2.02. The zero-order chi connectivity index (χ0) is 16.7. The number of nitrogens with one attached hydrogen (secondary N) is 2. The largest absolute Gasteiger partial charge is 0.394 e. The second-order valence-corrected chi connectivity index (χ2v) is 4.70. The van der Waals surface area contributed by atoms with E-state index in [0.29, 0.717) is 19.6 Å². The number of carbonyl (C=O) groups excluding carboxylic acids is 1. The molecule has 0 saturated heterocycles. The predicted molar refractivity (Wildman–Crippen MR) is 78.8 cm³/mol. The van der Waals surface area contributed by atoms with Crippen molar-refractivity contribution in [2.24, 2.45) is 0 Å². The van der Waals surface area contributed by atoms with Crippen LogP contribution in [0.15, 0.2) is 24.4 Å². The van der Waals surface area contributed by atoms with Gasteiger partial charge in [-0.25, -0.2) is 8.78 Å². The Balaban J connectivity index is 2.02. The SMILES string of the molecule is O=C(NCCCOCCO)c1cn[nH]c1-c1c(F)cccc1F. The van der Waals surface area contributed by atoms with Crippen molar-refractivity contribution in [3.8, 4) is 11.3 Å². The van der Waals surface area contributed by atoms with Gasteiger partial charge in [-0.3, -0.25) is 9.89 Å². The molecule has 0 saturated carbocycles. The van der Waals surface area contributed by atoms with Gasteiger partial charge < -0.3 is 15.2 Å². The first-order valence-corrected chi connectivity index (χ1v) is 7.09. The fourth-order valence-corrected chi connectivity index (χ4v) is 2.02. The number of aromatic amines is 1. The van der Waals surface area contributed by atoms with Gasteiger partial charge in [0.25, 0.3) is 5.91 Å². The van der Waals surface area contributed by atoms with Crippen LogP contribution in [0.5, 0.6) is 0 Å². The zero-order valence-electron chi connectivity index (χ0n) is 12.3. The second-order valence-electron chi connectivity index (χ2n) is 4.70. The quantitative estimate of drug-likeness (QED) is 0.642. The van der Waals surface area contributed by atoms with Gasteiger partial charge >= 0.3 is 0 Å². The number of rotatable bonds is 8. The summed E-state index contributed by atoms with van der Waals surface area (Å²) >= 11 is 0. The van der Waals surface area contributed by atoms with E-state index in [2.05, 4.69) is 15.5 Å². The van der Waals surface area contributed by atoms with Crippen molar-refractivity contribution in [1.82, 2.24) is 15.5 Å². The number of benzene rings is 1. The van der Waals surface area contributed by atoms with Crippen LogP contribution in [0, 0.1) is 11.6 Å². The Labute approximate surface area is 131 Å². The summed E-state index contributed by atoms with van der Waals surface area (Å²) in [4.78, 5) is 12.1. The average Bonchev–Trinajstić information content (AvgIpc) is 2.99. The molecular weight excluding hydrogens is 308 g/mol. The van der Waals surface area contributed by atoms with E-state index in [9.17, 15) is 13.6 Å². The van der Waals surface area contributed by atoms with E-state index in [1.807, 2.05) is 0 Å². The monoisotopic (exact) mass is 325 g/mol. The first-order chi connectivity index (χ1) is 11.1. The Kier molecular flexibility index (Phi) is 6.19. The van der Waals surface area contributed by atoms with Gasteiger partial charge in [0.15, 0.2) is 0 Å². The maximum atomic E-state index is 13.8. The van der Waals surface area contributed by atoms with E-state index in [1.54, 1.807) is 0 Å². The van der Waals surface area contributed by atoms with E-state index in [-0.39, 0.29) is 30.0 Å². The lowest BCUT2D eigenvalue weighted by atomic mass is 10.1. The smallest absolute Gasteiger partial charge is 0.255 e. The molecule has 0 aliphatic rings. The van der Waals surface area contributed by atoms with Gasteiger partial charge in [0, 0.05) is 13.2 Å². The predicted octanol–water partition coefficient (Wildman–Crippen LogP) is 1.48. The standard InChI is InChI=1S/C15H17F2N3O3/c16-11-3-1-4-12(17)13(11)14-10(9-19-20-14)15(22)18-5-2-7-23-8-6-21/h1,3-4,9,21H,2,5-8H2,(H,18,22)(H,19,20). The molecule has 0 aliphatic carbocycles. The van der Waals surface area contributed by atoms with Crippen molar-refractivity contribution in [3.05, 3.63) is 41.6 Å². The van der Waals surface area contributed by atoms with Gasteiger partial charge in [0.2, 0.25) is 0 Å².